The lowest BCUT2D eigenvalue weighted by Crippen LogP contribution is -2.38. The molecular weight excluding hydrogens is 358 g/mol. The highest BCUT2D eigenvalue weighted by Crippen LogP contribution is 2.32. The molecule has 3 amide bonds. The fourth-order valence-electron chi connectivity index (χ4n) is 2.18. The van der Waals surface area contributed by atoms with Crippen LogP contribution in [0.1, 0.15) is 10.4 Å². The van der Waals surface area contributed by atoms with Gasteiger partial charge in [0.05, 0.1) is 16.4 Å². The zero-order valence-electron chi connectivity index (χ0n) is 13.6. The molecule has 0 saturated heterocycles. The molecule has 0 fully saturated rings. The van der Waals surface area contributed by atoms with Crippen LogP contribution in [0.25, 0.3) is 0 Å². The van der Waals surface area contributed by atoms with Gasteiger partial charge in [0.25, 0.3) is 0 Å². The van der Waals surface area contributed by atoms with Crippen LogP contribution < -0.4 is 31.2 Å². The van der Waals surface area contributed by atoms with E-state index in [4.69, 9.17) is 20.6 Å². The van der Waals surface area contributed by atoms with Crippen LogP contribution in [-0.4, -0.2) is 31.1 Å². The second-order valence-electron chi connectivity index (χ2n) is 5.35. The molecule has 10 heteroatoms. The first kappa shape index (κ1) is 17.5. The van der Waals surface area contributed by atoms with E-state index in [1.54, 1.807) is 24.3 Å². The minimum atomic E-state index is -0.514. The predicted octanol–water partition coefficient (Wildman–Crippen LogP) is 1.20. The molecule has 1 aliphatic heterocycles. The fraction of sp³-hybridized carbons (Fsp3) is 0.188. The smallest absolute Gasteiger partial charge is 0.320 e. The highest BCUT2D eigenvalue weighted by molar-refractivity contribution is 7.18. The van der Waals surface area contributed by atoms with Gasteiger partial charge < -0.3 is 25.8 Å². The van der Waals surface area contributed by atoms with Crippen molar-refractivity contribution in [3.63, 3.8) is 0 Å². The van der Waals surface area contributed by atoms with Crippen molar-refractivity contribution in [3.05, 3.63) is 40.8 Å². The van der Waals surface area contributed by atoms with Gasteiger partial charge in [-0.15, -0.1) is 11.3 Å². The average Bonchev–Trinajstić information content (AvgIpc) is 3.26. The van der Waals surface area contributed by atoms with Gasteiger partial charge in [0.15, 0.2) is 11.5 Å². The molecule has 0 saturated carbocycles. The van der Waals surface area contributed by atoms with Crippen LogP contribution in [0.2, 0.25) is 0 Å². The molecule has 26 heavy (non-hydrogen) atoms. The Balaban J connectivity index is 1.40. The maximum atomic E-state index is 11.8. The van der Waals surface area contributed by atoms with Gasteiger partial charge in [-0.05, 0) is 29.8 Å². The quantitative estimate of drug-likeness (QED) is 0.381. The van der Waals surface area contributed by atoms with Crippen LogP contribution in [-0.2, 0) is 11.3 Å². The van der Waals surface area contributed by atoms with E-state index in [1.165, 1.54) is 11.3 Å². The van der Waals surface area contributed by atoms with Gasteiger partial charge in [-0.3, -0.25) is 15.5 Å². The first-order chi connectivity index (χ1) is 12.5. The van der Waals surface area contributed by atoms with E-state index in [9.17, 15) is 9.59 Å². The Labute approximate surface area is 153 Å². The lowest BCUT2D eigenvalue weighted by molar-refractivity contribution is -0.120. The van der Waals surface area contributed by atoms with E-state index in [2.05, 4.69) is 16.0 Å². The number of hydrogen-bond donors (Lipinski definition) is 5. The topological polar surface area (TPSA) is 139 Å². The summed E-state index contributed by atoms with van der Waals surface area (Å²) in [5.41, 5.74) is 6.23. The number of anilines is 1. The van der Waals surface area contributed by atoms with Crippen molar-refractivity contribution in [3.8, 4) is 11.5 Å². The Hall–Kier alpha value is -3.27. The Morgan fingerprint density at radius 3 is 2.73 bits per heavy atom. The number of fused-ring (bicyclic) bond motifs is 1. The third kappa shape index (κ3) is 4.42. The van der Waals surface area contributed by atoms with Crippen LogP contribution in [0.15, 0.2) is 30.3 Å². The van der Waals surface area contributed by atoms with E-state index >= 15 is 0 Å². The van der Waals surface area contributed by atoms with E-state index in [-0.39, 0.29) is 25.1 Å². The van der Waals surface area contributed by atoms with Gasteiger partial charge in [-0.25, -0.2) is 4.79 Å². The third-order valence-corrected chi connectivity index (χ3v) is 4.48. The number of benzene rings is 1. The molecule has 1 aliphatic rings. The first-order valence-electron chi connectivity index (χ1n) is 7.65. The minimum absolute atomic E-state index is 0.0636. The maximum Gasteiger partial charge on any atom is 0.320 e. The molecule has 1 aromatic heterocycles. The second kappa shape index (κ2) is 7.74. The number of ether oxygens (including phenoxy) is 2. The SMILES string of the molecule is N=C(N)c1ccc(NC(=O)NCC(=O)NCc2ccc3c(c2)OCO3)s1. The molecule has 0 atom stereocenters. The molecule has 1 aromatic carbocycles. The van der Waals surface area contributed by atoms with Gasteiger partial charge in [0, 0.05) is 6.54 Å². The summed E-state index contributed by atoms with van der Waals surface area (Å²) in [5, 5.41) is 15.6. The van der Waals surface area contributed by atoms with Crippen molar-refractivity contribution in [2.45, 2.75) is 6.54 Å². The molecule has 0 radical (unpaired) electrons. The number of hydrogen-bond acceptors (Lipinski definition) is 6. The van der Waals surface area contributed by atoms with Crippen LogP contribution in [0.3, 0.4) is 0 Å². The number of nitrogens with two attached hydrogens (primary N) is 1. The van der Waals surface area contributed by atoms with Gasteiger partial charge in [-0.1, -0.05) is 6.07 Å². The number of nitrogen functional groups attached to an aromatic ring is 1. The molecular formula is C16H17N5O4S. The van der Waals surface area contributed by atoms with Crippen LogP contribution in [0.4, 0.5) is 9.80 Å². The minimum Gasteiger partial charge on any atom is -0.454 e. The van der Waals surface area contributed by atoms with Crippen LogP contribution >= 0.6 is 11.3 Å². The van der Waals surface area contributed by atoms with Crippen molar-refractivity contribution < 1.29 is 19.1 Å². The average molecular weight is 375 g/mol. The zero-order chi connectivity index (χ0) is 18.5. The predicted molar refractivity (Wildman–Crippen MR) is 96.8 cm³/mol. The number of carbonyl (C=O) groups is 2. The number of amidine groups is 1. The first-order valence-corrected chi connectivity index (χ1v) is 8.47. The summed E-state index contributed by atoms with van der Waals surface area (Å²) < 4.78 is 10.5. The van der Waals surface area contributed by atoms with Gasteiger partial charge >= 0.3 is 6.03 Å². The number of carbonyl (C=O) groups excluding carboxylic acids is 2. The molecule has 0 bridgehead atoms. The van der Waals surface area contributed by atoms with Gasteiger partial charge in [0.1, 0.15) is 5.84 Å². The normalized spacial score (nSPS) is 11.7. The number of rotatable bonds is 6. The molecule has 3 rings (SSSR count). The maximum absolute atomic E-state index is 11.8. The largest absolute Gasteiger partial charge is 0.454 e. The molecule has 0 aliphatic carbocycles. The summed E-state index contributed by atoms with van der Waals surface area (Å²) >= 11 is 1.18. The Morgan fingerprint density at radius 1 is 1.15 bits per heavy atom. The highest BCUT2D eigenvalue weighted by Gasteiger charge is 2.13. The third-order valence-electron chi connectivity index (χ3n) is 3.44. The molecule has 136 valence electrons. The van der Waals surface area contributed by atoms with E-state index in [0.717, 1.165) is 5.56 Å². The van der Waals surface area contributed by atoms with Crippen molar-refractivity contribution in [2.24, 2.45) is 5.73 Å². The number of nitrogens with one attached hydrogen (secondary N) is 4. The molecule has 6 N–H and O–H groups in total. The molecule has 0 unspecified atom stereocenters. The number of amides is 3. The van der Waals surface area contributed by atoms with Crippen LogP contribution in [0, 0.1) is 5.41 Å². The van der Waals surface area contributed by atoms with E-state index in [1.807, 2.05) is 6.07 Å². The van der Waals surface area contributed by atoms with Crippen molar-refractivity contribution >= 4 is 34.1 Å². The number of urea groups is 1. The summed E-state index contributed by atoms with van der Waals surface area (Å²) in [7, 11) is 0. The van der Waals surface area contributed by atoms with Gasteiger partial charge in [0.2, 0.25) is 12.7 Å². The lowest BCUT2D eigenvalue weighted by Gasteiger charge is -2.08. The fourth-order valence-corrected chi connectivity index (χ4v) is 2.94. The summed E-state index contributed by atoms with van der Waals surface area (Å²) in [6, 6.07) is 8.18. The van der Waals surface area contributed by atoms with Crippen molar-refractivity contribution in [1.82, 2.24) is 10.6 Å². The molecule has 9 nitrogen and oxygen atoms in total. The Bertz CT molecular complexity index is 851. The summed E-state index contributed by atoms with van der Waals surface area (Å²) in [6.45, 7) is 0.343. The molecule has 2 heterocycles. The lowest BCUT2D eigenvalue weighted by atomic mass is 10.2. The van der Waals surface area contributed by atoms with Gasteiger partial charge in [-0.2, -0.15) is 0 Å². The van der Waals surface area contributed by atoms with E-state index < -0.39 is 6.03 Å². The number of thiophene rings is 1. The van der Waals surface area contributed by atoms with E-state index in [0.29, 0.717) is 27.9 Å². The summed E-state index contributed by atoms with van der Waals surface area (Å²) in [6.07, 6.45) is 0. The summed E-state index contributed by atoms with van der Waals surface area (Å²) in [4.78, 5) is 24.2. The standard InChI is InChI=1S/C16H17N5O4S/c17-15(18)12-3-4-14(26-12)21-16(23)20-7-13(22)19-6-9-1-2-10-11(5-9)25-8-24-10/h1-5H,6-8H2,(H3,17,18)(H,19,22)(H2,20,21,23). The van der Waals surface area contributed by atoms with Crippen LogP contribution in [0.5, 0.6) is 11.5 Å². The Kier molecular flexibility index (Phi) is 5.23. The zero-order valence-corrected chi connectivity index (χ0v) is 14.4. The Morgan fingerprint density at radius 2 is 1.96 bits per heavy atom. The molecule has 2 aromatic rings. The van der Waals surface area contributed by atoms with Crippen molar-refractivity contribution in [2.75, 3.05) is 18.7 Å². The highest BCUT2D eigenvalue weighted by atomic mass is 32.1. The molecule has 0 spiro atoms. The second-order valence-corrected chi connectivity index (χ2v) is 6.43. The van der Waals surface area contributed by atoms with Crippen molar-refractivity contribution in [1.29, 1.82) is 5.41 Å². The monoisotopic (exact) mass is 375 g/mol. The summed E-state index contributed by atoms with van der Waals surface area (Å²) in [5.74, 6) is 0.940.